The molecule has 0 saturated carbocycles. The van der Waals surface area contributed by atoms with Crippen LogP contribution < -0.4 is 14.8 Å². The highest BCUT2D eigenvalue weighted by Gasteiger charge is 2.18. The van der Waals surface area contributed by atoms with Crippen molar-refractivity contribution in [1.82, 2.24) is 5.32 Å². The van der Waals surface area contributed by atoms with Crippen LogP contribution >= 0.6 is 0 Å². The molecule has 9 heteroatoms. The SMILES string of the molecule is COc1ccc(S(=O)(=O)CCC(=O)NCCC(=O)O)cc1OC. The number of amides is 1. The van der Waals surface area contributed by atoms with E-state index in [2.05, 4.69) is 5.32 Å². The summed E-state index contributed by atoms with van der Waals surface area (Å²) in [6, 6.07) is 4.17. The number of carboxylic acids is 1. The first-order chi connectivity index (χ1) is 10.8. The van der Waals surface area contributed by atoms with Gasteiger partial charge in [0.05, 0.1) is 31.3 Å². The summed E-state index contributed by atoms with van der Waals surface area (Å²) in [5.74, 6) is -1.27. The number of hydrogen-bond acceptors (Lipinski definition) is 6. The zero-order valence-corrected chi connectivity index (χ0v) is 13.7. The molecule has 0 aromatic heterocycles. The summed E-state index contributed by atoms with van der Waals surface area (Å²) in [4.78, 5) is 21.9. The molecule has 0 atom stereocenters. The molecule has 0 bridgehead atoms. The average Bonchev–Trinajstić information content (AvgIpc) is 2.52. The van der Waals surface area contributed by atoms with Crippen molar-refractivity contribution in [3.05, 3.63) is 18.2 Å². The minimum Gasteiger partial charge on any atom is -0.493 e. The molecule has 0 aliphatic rings. The highest BCUT2D eigenvalue weighted by atomic mass is 32.2. The maximum Gasteiger partial charge on any atom is 0.305 e. The van der Waals surface area contributed by atoms with Crippen LogP contribution in [0.1, 0.15) is 12.8 Å². The van der Waals surface area contributed by atoms with E-state index in [0.717, 1.165) is 0 Å². The third-order valence-electron chi connectivity index (χ3n) is 2.97. The van der Waals surface area contributed by atoms with Crippen molar-refractivity contribution in [2.75, 3.05) is 26.5 Å². The second-order valence-electron chi connectivity index (χ2n) is 4.58. The molecule has 2 N–H and O–H groups in total. The molecule has 23 heavy (non-hydrogen) atoms. The molecule has 0 aliphatic carbocycles. The first kappa shape index (κ1) is 18.8. The number of benzene rings is 1. The van der Waals surface area contributed by atoms with Gasteiger partial charge in [-0.3, -0.25) is 9.59 Å². The highest BCUT2D eigenvalue weighted by Crippen LogP contribution is 2.29. The number of sulfone groups is 1. The third-order valence-corrected chi connectivity index (χ3v) is 4.69. The summed E-state index contributed by atoms with van der Waals surface area (Å²) in [6.45, 7) is -0.0371. The molecule has 1 aromatic carbocycles. The Labute approximate surface area is 134 Å². The molecule has 8 nitrogen and oxygen atoms in total. The minimum atomic E-state index is -3.67. The summed E-state index contributed by atoms with van der Waals surface area (Å²) in [6.07, 6.45) is -0.468. The number of rotatable bonds is 9. The molecule has 0 unspecified atom stereocenters. The second kappa shape index (κ2) is 8.37. The molecule has 1 rings (SSSR count). The van der Waals surface area contributed by atoms with Crippen LogP contribution in [0.2, 0.25) is 0 Å². The van der Waals surface area contributed by atoms with Crippen LogP contribution in [0.15, 0.2) is 23.1 Å². The number of aliphatic carboxylic acids is 1. The van der Waals surface area contributed by atoms with Crippen molar-refractivity contribution in [2.24, 2.45) is 0 Å². The van der Waals surface area contributed by atoms with Crippen molar-refractivity contribution in [1.29, 1.82) is 0 Å². The molecule has 1 aromatic rings. The van der Waals surface area contributed by atoms with Gasteiger partial charge in [-0.2, -0.15) is 0 Å². The number of ether oxygens (including phenoxy) is 2. The number of nitrogens with one attached hydrogen (secondary N) is 1. The molecule has 0 radical (unpaired) electrons. The van der Waals surface area contributed by atoms with E-state index in [-0.39, 0.29) is 35.8 Å². The summed E-state index contributed by atoms with van der Waals surface area (Å²) < 4.78 is 34.5. The Kier molecular flexibility index (Phi) is 6.83. The van der Waals surface area contributed by atoms with Gasteiger partial charge in [-0.25, -0.2) is 8.42 Å². The molecule has 0 heterocycles. The predicted octanol–water partition coefficient (Wildman–Crippen LogP) is 0.458. The first-order valence-electron chi connectivity index (χ1n) is 6.73. The van der Waals surface area contributed by atoms with Gasteiger partial charge >= 0.3 is 5.97 Å². The fraction of sp³-hybridized carbons (Fsp3) is 0.429. The number of carbonyl (C=O) groups excluding carboxylic acids is 1. The van der Waals surface area contributed by atoms with Gasteiger partial charge in [0.25, 0.3) is 0 Å². The van der Waals surface area contributed by atoms with Crippen molar-refractivity contribution in [3.63, 3.8) is 0 Å². The van der Waals surface area contributed by atoms with E-state index in [1.165, 1.54) is 32.4 Å². The third kappa shape index (κ3) is 5.78. The monoisotopic (exact) mass is 345 g/mol. The Hall–Kier alpha value is -2.29. The van der Waals surface area contributed by atoms with E-state index in [4.69, 9.17) is 14.6 Å². The zero-order valence-electron chi connectivity index (χ0n) is 12.9. The van der Waals surface area contributed by atoms with E-state index in [1.54, 1.807) is 0 Å². The van der Waals surface area contributed by atoms with E-state index >= 15 is 0 Å². The number of carbonyl (C=O) groups is 2. The predicted molar refractivity (Wildman–Crippen MR) is 81.5 cm³/mol. The van der Waals surface area contributed by atoms with E-state index in [9.17, 15) is 18.0 Å². The molecule has 0 aliphatic heterocycles. The highest BCUT2D eigenvalue weighted by molar-refractivity contribution is 7.91. The zero-order chi connectivity index (χ0) is 17.5. The summed E-state index contributed by atoms with van der Waals surface area (Å²) in [7, 11) is -0.836. The van der Waals surface area contributed by atoms with Gasteiger partial charge in [0, 0.05) is 19.0 Å². The Morgan fingerprint density at radius 1 is 1.13 bits per heavy atom. The van der Waals surface area contributed by atoms with Crippen molar-refractivity contribution < 1.29 is 32.6 Å². The fourth-order valence-electron chi connectivity index (χ4n) is 1.75. The lowest BCUT2D eigenvalue weighted by molar-refractivity contribution is -0.136. The Balaban J connectivity index is 2.69. The molecule has 128 valence electrons. The van der Waals surface area contributed by atoms with Crippen LogP contribution in [0.25, 0.3) is 0 Å². The first-order valence-corrected chi connectivity index (χ1v) is 8.38. The quantitative estimate of drug-likeness (QED) is 0.667. The van der Waals surface area contributed by atoms with Crippen LogP contribution in [-0.4, -0.2) is 51.9 Å². The van der Waals surface area contributed by atoms with Crippen LogP contribution in [0.4, 0.5) is 0 Å². The molecular formula is C14H19NO7S. The smallest absolute Gasteiger partial charge is 0.305 e. The molecular weight excluding hydrogens is 326 g/mol. The number of methoxy groups -OCH3 is 2. The lowest BCUT2D eigenvalue weighted by Crippen LogP contribution is -2.27. The van der Waals surface area contributed by atoms with E-state index < -0.39 is 21.7 Å². The van der Waals surface area contributed by atoms with Crippen LogP contribution in [0, 0.1) is 0 Å². The summed E-state index contributed by atoms with van der Waals surface area (Å²) >= 11 is 0. The maximum atomic E-state index is 12.2. The summed E-state index contributed by atoms with van der Waals surface area (Å²) in [5.41, 5.74) is 0. The molecule has 0 saturated heterocycles. The van der Waals surface area contributed by atoms with Gasteiger partial charge in [-0.1, -0.05) is 0 Å². The lowest BCUT2D eigenvalue weighted by atomic mass is 10.3. The van der Waals surface area contributed by atoms with E-state index in [1.807, 2.05) is 0 Å². The molecule has 1 amide bonds. The lowest BCUT2D eigenvalue weighted by Gasteiger charge is -2.10. The Morgan fingerprint density at radius 3 is 2.35 bits per heavy atom. The van der Waals surface area contributed by atoms with Crippen LogP contribution in [-0.2, 0) is 19.4 Å². The van der Waals surface area contributed by atoms with E-state index in [0.29, 0.717) is 5.75 Å². The van der Waals surface area contributed by atoms with Gasteiger partial charge in [0.15, 0.2) is 21.3 Å². The number of hydrogen-bond donors (Lipinski definition) is 2. The molecule has 0 spiro atoms. The Morgan fingerprint density at radius 2 is 1.78 bits per heavy atom. The van der Waals surface area contributed by atoms with Gasteiger partial charge in [0.2, 0.25) is 5.91 Å². The van der Waals surface area contributed by atoms with Crippen molar-refractivity contribution in [2.45, 2.75) is 17.7 Å². The van der Waals surface area contributed by atoms with Crippen molar-refractivity contribution >= 4 is 21.7 Å². The minimum absolute atomic E-state index is 0.0217. The van der Waals surface area contributed by atoms with Gasteiger partial charge in [-0.15, -0.1) is 0 Å². The van der Waals surface area contributed by atoms with Gasteiger partial charge in [-0.05, 0) is 12.1 Å². The second-order valence-corrected chi connectivity index (χ2v) is 6.69. The largest absolute Gasteiger partial charge is 0.493 e. The fourth-order valence-corrected chi connectivity index (χ4v) is 3.00. The van der Waals surface area contributed by atoms with Gasteiger partial charge in [0.1, 0.15) is 0 Å². The van der Waals surface area contributed by atoms with Crippen molar-refractivity contribution in [3.8, 4) is 11.5 Å². The van der Waals surface area contributed by atoms with Gasteiger partial charge < -0.3 is 19.9 Å². The Bertz CT molecular complexity index is 670. The standard InChI is InChI=1S/C14H19NO7S/c1-21-11-4-3-10(9-12(11)22-2)23(19,20)8-6-13(16)15-7-5-14(17)18/h3-4,9H,5-8H2,1-2H3,(H,15,16)(H,17,18). The summed E-state index contributed by atoms with van der Waals surface area (Å²) in [5, 5.41) is 10.8. The maximum absolute atomic E-state index is 12.2. The topological polar surface area (TPSA) is 119 Å². The van der Waals surface area contributed by atoms with Crippen LogP contribution in [0.3, 0.4) is 0 Å². The molecule has 0 fully saturated rings. The normalized spacial score (nSPS) is 10.9. The number of carboxylic acid groups (broad SMARTS) is 1. The average molecular weight is 345 g/mol. The van der Waals surface area contributed by atoms with Crippen LogP contribution in [0.5, 0.6) is 11.5 Å².